The first-order valence-corrected chi connectivity index (χ1v) is 11.8. The lowest BCUT2D eigenvalue weighted by molar-refractivity contribution is -0.113. The van der Waals surface area contributed by atoms with Gasteiger partial charge in [0, 0.05) is 18.0 Å². The van der Waals surface area contributed by atoms with E-state index in [1.54, 1.807) is 13.8 Å². The standard InChI is InChI=1S/C20H22ClN5O3S2/c1-4-26-15(10-13-6-8-14(21)9-7-13)24-25-20(26)30-11-16(27)23-19-22-12(3)17(31-19)18(28)29-5-2/h6-9H,4-5,10-11H2,1-3H3,(H,22,23,27). The molecule has 164 valence electrons. The fourth-order valence-electron chi connectivity index (χ4n) is 2.78. The van der Waals surface area contributed by atoms with Crippen LogP contribution < -0.4 is 5.32 Å². The Balaban J connectivity index is 1.60. The van der Waals surface area contributed by atoms with Gasteiger partial charge in [-0.05, 0) is 38.5 Å². The highest BCUT2D eigenvalue weighted by Crippen LogP contribution is 2.24. The van der Waals surface area contributed by atoms with E-state index in [4.69, 9.17) is 16.3 Å². The van der Waals surface area contributed by atoms with Gasteiger partial charge in [0.05, 0.1) is 18.1 Å². The van der Waals surface area contributed by atoms with Crippen molar-refractivity contribution in [3.63, 3.8) is 0 Å². The van der Waals surface area contributed by atoms with Gasteiger partial charge < -0.3 is 14.6 Å². The molecule has 1 amide bonds. The number of aromatic nitrogens is 4. The third kappa shape index (κ3) is 6.05. The molecule has 0 bridgehead atoms. The molecule has 0 unspecified atom stereocenters. The van der Waals surface area contributed by atoms with E-state index < -0.39 is 5.97 Å². The van der Waals surface area contributed by atoms with Gasteiger partial charge in [-0.15, -0.1) is 10.2 Å². The van der Waals surface area contributed by atoms with Gasteiger partial charge in [0.25, 0.3) is 0 Å². The number of hydrogen-bond donors (Lipinski definition) is 1. The lowest BCUT2D eigenvalue weighted by Gasteiger charge is -2.07. The third-order valence-electron chi connectivity index (χ3n) is 4.22. The van der Waals surface area contributed by atoms with Crippen molar-refractivity contribution < 1.29 is 14.3 Å². The maximum Gasteiger partial charge on any atom is 0.350 e. The number of benzene rings is 1. The molecule has 0 aliphatic heterocycles. The van der Waals surface area contributed by atoms with E-state index in [0.29, 0.717) is 38.8 Å². The Labute approximate surface area is 193 Å². The van der Waals surface area contributed by atoms with E-state index in [-0.39, 0.29) is 18.3 Å². The minimum atomic E-state index is -0.434. The van der Waals surface area contributed by atoms with Gasteiger partial charge in [-0.25, -0.2) is 9.78 Å². The first-order valence-electron chi connectivity index (χ1n) is 9.65. The maximum absolute atomic E-state index is 12.4. The van der Waals surface area contributed by atoms with Gasteiger partial charge in [-0.3, -0.25) is 4.79 Å². The fraction of sp³-hybridized carbons (Fsp3) is 0.350. The van der Waals surface area contributed by atoms with Crippen LogP contribution in [0.2, 0.25) is 5.02 Å². The molecule has 0 aliphatic rings. The predicted octanol–water partition coefficient (Wildman–Crippen LogP) is 4.21. The van der Waals surface area contributed by atoms with Gasteiger partial charge in [0.1, 0.15) is 10.7 Å². The van der Waals surface area contributed by atoms with Crippen LogP contribution in [0.15, 0.2) is 29.4 Å². The predicted molar refractivity (Wildman–Crippen MR) is 122 cm³/mol. The molecule has 11 heteroatoms. The number of nitrogens with one attached hydrogen (secondary N) is 1. The summed E-state index contributed by atoms with van der Waals surface area (Å²) in [7, 11) is 0. The van der Waals surface area contributed by atoms with Crippen LogP contribution in [0.1, 0.15) is 40.6 Å². The summed E-state index contributed by atoms with van der Waals surface area (Å²) in [6.07, 6.45) is 0.625. The highest BCUT2D eigenvalue weighted by Gasteiger charge is 2.18. The summed E-state index contributed by atoms with van der Waals surface area (Å²) >= 11 is 8.35. The largest absolute Gasteiger partial charge is 0.462 e. The number of carbonyl (C=O) groups excluding carboxylic acids is 2. The summed E-state index contributed by atoms with van der Waals surface area (Å²) in [5, 5.41) is 13.0. The SMILES string of the molecule is CCOC(=O)c1sc(NC(=O)CSc2nnc(Cc3ccc(Cl)cc3)n2CC)nc1C. The number of thiazole rings is 1. The molecular formula is C20H22ClN5O3S2. The lowest BCUT2D eigenvalue weighted by atomic mass is 10.1. The summed E-state index contributed by atoms with van der Waals surface area (Å²) in [4.78, 5) is 28.9. The summed E-state index contributed by atoms with van der Waals surface area (Å²) < 4.78 is 6.98. The van der Waals surface area contributed by atoms with E-state index >= 15 is 0 Å². The van der Waals surface area contributed by atoms with Crippen LogP contribution in [0, 0.1) is 6.92 Å². The van der Waals surface area contributed by atoms with E-state index in [1.807, 2.05) is 35.8 Å². The van der Waals surface area contributed by atoms with Crippen LogP contribution in [0.3, 0.4) is 0 Å². The number of carbonyl (C=O) groups is 2. The quantitative estimate of drug-likeness (QED) is 0.362. The molecule has 0 spiro atoms. The van der Waals surface area contributed by atoms with Gasteiger partial charge in [-0.1, -0.05) is 46.8 Å². The number of amides is 1. The van der Waals surface area contributed by atoms with Crippen LogP contribution in [0.25, 0.3) is 0 Å². The van der Waals surface area contributed by atoms with Crippen LogP contribution >= 0.6 is 34.7 Å². The Morgan fingerprint density at radius 1 is 1.23 bits per heavy atom. The summed E-state index contributed by atoms with van der Waals surface area (Å²) in [5.41, 5.74) is 1.61. The number of thioether (sulfide) groups is 1. The number of ether oxygens (including phenoxy) is 1. The molecule has 0 saturated heterocycles. The zero-order chi connectivity index (χ0) is 22.4. The number of halogens is 1. The Kier molecular flexibility index (Phi) is 8.05. The second kappa shape index (κ2) is 10.7. The van der Waals surface area contributed by atoms with Crippen molar-refractivity contribution in [2.24, 2.45) is 0 Å². The number of hydrogen-bond acceptors (Lipinski definition) is 8. The maximum atomic E-state index is 12.4. The van der Waals surface area contributed by atoms with Crippen molar-refractivity contribution in [2.45, 2.75) is 38.9 Å². The highest BCUT2D eigenvalue weighted by atomic mass is 35.5. The number of aryl methyl sites for hydroxylation is 1. The van der Waals surface area contributed by atoms with Crippen molar-refractivity contribution in [3.05, 3.63) is 51.2 Å². The first-order chi connectivity index (χ1) is 14.9. The van der Waals surface area contributed by atoms with E-state index in [1.165, 1.54) is 11.8 Å². The second-order valence-electron chi connectivity index (χ2n) is 6.44. The van der Waals surface area contributed by atoms with Crippen molar-refractivity contribution in [3.8, 4) is 0 Å². The number of rotatable bonds is 9. The molecule has 3 aromatic rings. The number of esters is 1. The topological polar surface area (TPSA) is 99.0 Å². The second-order valence-corrected chi connectivity index (χ2v) is 8.82. The molecule has 31 heavy (non-hydrogen) atoms. The van der Waals surface area contributed by atoms with Crippen LogP contribution in [0.4, 0.5) is 5.13 Å². The van der Waals surface area contributed by atoms with E-state index in [0.717, 1.165) is 22.7 Å². The normalized spacial score (nSPS) is 10.8. The monoisotopic (exact) mass is 479 g/mol. The molecule has 0 atom stereocenters. The van der Waals surface area contributed by atoms with Crippen LogP contribution in [-0.2, 0) is 22.5 Å². The fourth-order valence-corrected chi connectivity index (χ4v) is 4.60. The van der Waals surface area contributed by atoms with Crippen molar-refractivity contribution in [2.75, 3.05) is 17.7 Å². The van der Waals surface area contributed by atoms with Gasteiger partial charge in [-0.2, -0.15) is 0 Å². The summed E-state index contributed by atoms with van der Waals surface area (Å²) in [5.74, 6) is 0.296. The molecule has 0 aliphatic carbocycles. The molecular weight excluding hydrogens is 458 g/mol. The van der Waals surface area contributed by atoms with Gasteiger partial charge >= 0.3 is 5.97 Å². The molecule has 0 radical (unpaired) electrons. The lowest BCUT2D eigenvalue weighted by Crippen LogP contribution is -2.14. The zero-order valence-corrected chi connectivity index (χ0v) is 19.7. The molecule has 2 heterocycles. The minimum absolute atomic E-state index is 0.145. The Morgan fingerprint density at radius 2 is 1.97 bits per heavy atom. The smallest absolute Gasteiger partial charge is 0.350 e. The van der Waals surface area contributed by atoms with Gasteiger partial charge in [0.2, 0.25) is 5.91 Å². The van der Waals surface area contributed by atoms with Gasteiger partial charge in [0.15, 0.2) is 10.3 Å². The first kappa shape index (κ1) is 23.2. The third-order valence-corrected chi connectivity index (χ3v) is 6.49. The molecule has 3 rings (SSSR count). The minimum Gasteiger partial charge on any atom is -0.462 e. The molecule has 2 aromatic heterocycles. The Bertz CT molecular complexity index is 1070. The molecule has 8 nitrogen and oxygen atoms in total. The summed E-state index contributed by atoms with van der Waals surface area (Å²) in [6.45, 7) is 6.43. The average Bonchev–Trinajstić information content (AvgIpc) is 3.30. The summed E-state index contributed by atoms with van der Waals surface area (Å²) in [6, 6.07) is 7.60. The highest BCUT2D eigenvalue weighted by molar-refractivity contribution is 7.99. The van der Waals surface area contributed by atoms with E-state index in [2.05, 4.69) is 20.5 Å². The molecule has 0 fully saturated rings. The van der Waals surface area contributed by atoms with Crippen molar-refractivity contribution >= 4 is 51.7 Å². The molecule has 1 aromatic carbocycles. The molecule has 1 N–H and O–H groups in total. The Hall–Kier alpha value is -2.43. The molecule has 0 saturated carbocycles. The van der Waals surface area contributed by atoms with Crippen LogP contribution in [0.5, 0.6) is 0 Å². The number of nitrogens with zero attached hydrogens (tertiary/aromatic N) is 4. The zero-order valence-electron chi connectivity index (χ0n) is 17.3. The average molecular weight is 480 g/mol. The number of anilines is 1. The van der Waals surface area contributed by atoms with Crippen LogP contribution in [-0.4, -0.2) is 44.0 Å². The Morgan fingerprint density at radius 3 is 2.65 bits per heavy atom. The van der Waals surface area contributed by atoms with Crippen molar-refractivity contribution in [1.29, 1.82) is 0 Å². The van der Waals surface area contributed by atoms with E-state index in [9.17, 15) is 9.59 Å². The van der Waals surface area contributed by atoms with Crippen molar-refractivity contribution in [1.82, 2.24) is 19.7 Å².